The number of rotatable bonds is 5. The van der Waals surface area contributed by atoms with Crippen LogP contribution in [0.15, 0.2) is 58.5 Å². The van der Waals surface area contributed by atoms with Gasteiger partial charge in [0.25, 0.3) is 5.89 Å². The van der Waals surface area contributed by atoms with Gasteiger partial charge in [-0.2, -0.15) is 4.98 Å². The molecule has 1 aromatic carbocycles. The molecule has 7 nitrogen and oxygen atoms in total. The number of aromatic nitrogens is 6. The third-order valence-corrected chi connectivity index (χ3v) is 4.83. The van der Waals surface area contributed by atoms with Crippen LogP contribution in [0.2, 0.25) is 0 Å². The Hall–Kier alpha value is -3.00. The first-order chi connectivity index (χ1) is 12.7. The largest absolute Gasteiger partial charge is 0.334 e. The minimum Gasteiger partial charge on any atom is -0.334 e. The highest BCUT2D eigenvalue weighted by atomic mass is 32.2. The number of aryl methyl sites for hydroxylation is 1. The van der Waals surface area contributed by atoms with Gasteiger partial charge in [-0.15, -0.1) is 10.2 Å². The maximum atomic E-state index is 5.37. The zero-order valence-electron chi connectivity index (χ0n) is 14.3. The van der Waals surface area contributed by atoms with Crippen molar-refractivity contribution in [3.63, 3.8) is 0 Å². The molecule has 0 spiro atoms. The van der Waals surface area contributed by atoms with E-state index < -0.39 is 0 Å². The Labute approximate surface area is 154 Å². The molecule has 4 aromatic rings. The average Bonchev–Trinajstić information content (AvgIpc) is 3.28. The van der Waals surface area contributed by atoms with E-state index >= 15 is 0 Å². The Morgan fingerprint density at radius 3 is 2.81 bits per heavy atom. The van der Waals surface area contributed by atoms with Crippen LogP contribution in [0.5, 0.6) is 0 Å². The van der Waals surface area contributed by atoms with Crippen molar-refractivity contribution < 1.29 is 4.52 Å². The first kappa shape index (κ1) is 16.5. The van der Waals surface area contributed by atoms with E-state index in [0.717, 1.165) is 27.7 Å². The number of thioether (sulfide) groups is 1. The maximum absolute atomic E-state index is 5.37. The van der Waals surface area contributed by atoms with Gasteiger partial charge >= 0.3 is 0 Å². The van der Waals surface area contributed by atoms with Crippen LogP contribution in [0, 0.1) is 6.92 Å². The number of hydrogen-bond acceptors (Lipinski definition) is 7. The van der Waals surface area contributed by atoms with Gasteiger partial charge < -0.3 is 9.09 Å². The second kappa shape index (κ2) is 7.09. The molecule has 0 fully saturated rings. The van der Waals surface area contributed by atoms with E-state index in [1.165, 1.54) is 11.8 Å². The van der Waals surface area contributed by atoms with Crippen LogP contribution in [0.25, 0.3) is 22.8 Å². The molecule has 0 bridgehead atoms. The van der Waals surface area contributed by atoms with Crippen molar-refractivity contribution in [1.82, 2.24) is 29.9 Å². The predicted molar refractivity (Wildman–Crippen MR) is 98.3 cm³/mol. The third kappa shape index (κ3) is 3.36. The van der Waals surface area contributed by atoms with Crippen LogP contribution < -0.4 is 0 Å². The molecule has 0 aliphatic heterocycles. The molecule has 0 amide bonds. The normalized spacial score (nSPS) is 11.0. The van der Waals surface area contributed by atoms with Gasteiger partial charge in [0.15, 0.2) is 16.8 Å². The summed E-state index contributed by atoms with van der Waals surface area (Å²) in [5.74, 6) is 2.47. The molecule has 0 N–H and O–H groups in total. The highest BCUT2D eigenvalue weighted by Crippen LogP contribution is 2.25. The lowest BCUT2D eigenvalue weighted by Crippen LogP contribution is -1.95. The van der Waals surface area contributed by atoms with Crippen LogP contribution >= 0.6 is 11.8 Å². The van der Waals surface area contributed by atoms with Crippen molar-refractivity contribution in [3.05, 3.63) is 60.2 Å². The van der Waals surface area contributed by atoms with Gasteiger partial charge in [-0.1, -0.05) is 34.6 Å². The fourth-order valence-corrected chi connectivity index (χ4v) is 3.28. The zero-order valence-corrected chi connectivity index (χ0v) is 15.1. The predicted octanol–water partition coefficient (Wildman–Crippen LogP) is 3.53. The number of hydrogen-bond donors (Lipinski definition) is 0. The molecule has 0 saturated carbocycles. The first-order valence-electron chi connectivity index (χ1n) is 8.03. The van der Waals surface area contributed by atoms with Gasteiger partial charge in [0.05, 0.1) is 5.75 Å². The van der Waals surface area contributed by atoms with Gasteiger partial charge in [-0.3, -0.25) is 4.98 Å². The molecular weight excluding hydrogens is 348 g/mol. The van der Waals surface area contributed by atoms with E-state index in [2.05, 4.69) is 25.3 Å². The average molecular weight is 364 g/mol. The summed E-state index contributed by atoms with van der Waals surface area (Å²) in [7, 11) is 1.93. The summed E-state index contributed by atoms with van der Waals surface area (Å²) in [4.78, 5) is 8.59. The standard InChI is InChI=1S/C18H16N6OS/c1-12-5-3-6-13(9-12)17-20-15(23-25-17)11-26-18-22-21-16(24(18)2)14-7-4-8-19-10-14/h3-10H,11H2,1-2H3. The summed E-state index contributed by atoms with van der Waals surface area (Å²) in [6.45, 7) is 2.03. The molecule has 0 atom stereocenters. The molecule has 0 radical (unpaired) electrons. The molecule has 130 valence electrons. The van der Waals surface area contributed by atoms with Crippen LogP contribution in [0.3, 0.4) is 0 Å². The summed E-state index contributed by atoms with van der Waals surface area (Å²) >= 11 is 1.51. The van der Waals surface area contributed by atoms with Crippen molar-refractivity contribution >= 4 is 11.8 Å². The van der Waals surface area contributed by atoms with Crippen molar-refractivity contribution in [3.8, 4) is 22.8 Å². The summed E-state index contributed by atoms with van der Waals surface area (Å²) in [6, 6.07) is 11.8. The van der Waals surface area contributed by atoms with E-state index in [1.807, 2.05) is 54.9 Å². The smallest absolute Gasteiger partial charge is 0.257 e. The molecule has 3 heterocycles. The molecule has 4 rings (SSSR count). The molecule has 0 unspecified atom stereocenters. The van der Waals surface area contributed by atoms with Crippen LogP contribution in [0.4, 0.5) is 0 Å². The van der Waals surface area contributed by atoms with E-state index in [4.69, 9.17) is 4.52 Å². The lowest BCUT2D eigenvalue weighted by Gasteiger charge is -2.02. The Kier molecular flexibility index (Phi) is 4.49. The van der Waals surface area contributed by atoms with Crippen molar-refractivity contribution in [1.29, 1.82) is 0 Å². The molecule has 8 heteroatoms. The molecule has 0 saturated heterocycles. The van der Waals surface area contributed by atoms with Crippen LogP contribution in [-0.2, 0) is 12.8 Å². The highest BCUT2D eigenvalue weighted by Gasteiger charge is 2.14. The van der Waals surface area contributed by atoms with Gasteiger partial charge in [-0.05, 0) is 31.2 Å². The van der Waals surface area contributed by atoms with E-state index in [0.29, 0.717) is 17.5 Å². The lowest BCUT2D eigenvalue weighted by atomic mass is 10.1. The zero-order chi connectivity index (χ0) is 17.9. The monoisotopic (exact) mass is 364 g/mol. The fourth-order valence-electron chi connectivity index (χ4n) is 2.52. The Morgan fingerprint density at radius 2 is 2.00 bits per heavy atom. The summed E-state index contributed by atoms with van der Waals surface area (Å²) in [5.41, 5.74) is 3.00. The number of benzene rings is 1. The second-order valence-corrected chi connectivity index (χ2v) is 6.72. The van der Waals surface area contributed by atoms with Gasteiger partial charge in [-0.25, -0.2) is 0 Å². The van der Waals surface area contributed by atoms with E-state index in [9.17, 15) is 0 Å². The summed E-state index contributed by atoms with van der Waals surface area (Å²) in [5, 5.41) is 13.3. The van der Waals surface area contributed by atoms with Gasteiger partial charge in [0.1, 0.15) is 0 Å². The number of pyridine rings is 1. The van der Waals surface area contributed by atoms with Gasteiger partial charge in [0.2, 0.25) is 0 Å². The Morgan fingerprint density at radius 1 is 1.12 bits per heavy atom. The maximum Gasteiger partial charge on any atom is 0.257 e. The summed E-state index contributed by atoms with van der Waals surface area (Å²) < 4.78 is 7.31. The van der Waals surface area contributed by atoms with E-state index in [-0.39, 0.29) is 0 Å². The molecule has 0 aliphatic rings. The fraction of sp³-hybridized carbons (Fsp3) is 0.167. The Bertz CT molecular complexity index is 1030. The third-order valence-electron chi connectivity index (χ3n) is 3.82. The topological polar surface area (TPSA) is 82.5 Å². The quantitative estimate of drug-likeness (QED) is 0.501. The highest BCUT2D eigenvalue weighted by molar-refractivity contribution is 7.98. The van der Waals surface area contributed by atoms with Crippen molar-refractivity contribution in [2.75, 3.05) is 0 Å². The van der Waals surface area contributed by atoms with Crippen LogP contribution in [-0.4, -0.2) is 29.9 Å². The van der Waals surface area contributed by atoms with Crippen molar-refractivity contribution in [2.24, 2.45) is 7.05 Å². The first-order valence-corrected chi connectivity index (χ1v) is 9.01. The van der Waals surface area contributed by atoms with Crippen molar-refractivity contribution in [2.45, 2.75) is 17.8 Å². The van der Waals surface area contributed by atoms with Crippen LogP contribution in [0.1, 0.15) is 11.4 Å². The summed E-state index contributed by atoms with van der Waals surface area (Å²) in [6.07, 6.45) is 3.50. The lowest BCUT2D eigenvalue weighted by molar-refractivity contribution is 0.425. The molecule has 3 aromatic heterocycles. The molecule has 0 aliphatic carbocycles. The Balaban J connectivity index is 1.48. The number of nitrogens with zero attached hydrogens (tertiary/aromatic N) is 6. The SMILES string of the molecule is Cc1cccc(-c2nc(CSc3nnc(-c4cccnc4)n3C)no2)c1. The molecule has 26 heavy (non-hydrogen) atoms. The minimum absolute atomic E-state index is 0.526. The van der Waals surface area contributed by atoms with E-state index in [1.54, 1.807) is 12.4 Å². The molecular formula is C18H16N6OS. The second-order valence-electron chi connectivity index (χ2n) is 5.78. The minimum atomic E-state index is 0.526. The van der Waals surface area contributed by atoms with Gasteiger partial charge in [0, 0.05) is 30.6 Å².